The minimum Gasteiger partial charge on any atom is -0.326 e. The largest absolute Gasteiger partial charge is 0.326 e. The van der Waals surface area contributed by atoms with Crippen molar-refractivity contribution < 1.29 is 4.79 Å². The van der Waals surface area contributed by atoms with Crippen molar-refractivity contribution in [3.8, 4) is 0 Å². The molecule has 1 aliphatic carbocycles. The van der Waals surface area contributed by atoms with E-state index in [0.29, 0.717) is 5.41 Å². The third-order valence-corrected chi connectivity index (χ3v) is 4.51. The second-order valence-corrected chi connectivity index (χ2v) is 5.67. The van der Waals surface area contributed by atoms with Gasteiger partial charge in [-0.05, 0) is 56.3 Å². The third kappa shape index (κ3) is 2.77. The topological polar surface area (TPSA) is 41.1 Å². The number of hydrogen-bond acceptors (Lipinski definition) is 2. The highest BCUT2D eigenvalue weighted by atomic mass is 35.5. The number of nitrogens with one attached hydrogen (secondary N) is 2. The number of aryl methyl sites for hydroxylation is 1. The van der Waals surface area contributed by atoms with E-state index in [1.54, 1.807) is 0 Å². The van der Waals surface area contributed by atoms with Crippen LogP contribution < -0.4 is 10.6 Å². The summed E-state index contributed by atoms with van der Waals surface area (Å²) in [6.07, 6.45) is 3.38. The molecule has 4 heteroatoms. The lowest BCUT2D eigenvalue weighted by atomic mass is 9.91. The molecule has 0 bridgehead atoms. The number of carbonyl (C=O) groups is 1. The number of carbonyl (C=O) groups excluding carboxylic acids is 1. The molecule has 1 heterocycles. The minimum atomic E-state index is 0. The number of rotatable bonds is 2. The summed E-state index contributed by atoms with van der Waals surface area (Å²) in [5.41, 5.74) is 2.40. The molecule has 19 heavy (non-hydrogen) atoms. The molecular weight excluding hydrogens is 260 g/mol. The van der Waals surface area contributed by atoms with Gasteiger partial charge in [0.1, 0.15) is 0 Å². The summed E-state index contributed by atoms with van der Waals surface area (Å²) in [7, 11) is 0. The van der Waals surface area contributed by atoms with E-state index in [-0.39, 0.29) is 24.2 Å². The molecule has 2 aliphatic rings. The van der Waals surface area contributed by atoms with Crippen LogP contribution in [0.25, 0.3) is 0 Å². The smallest absolute Gasteiger partial charge is 0.228 e. The molecule has 1 saturated carbocycles. The van der Waals surface area contributed by atoms with Gasteiger partial charge in [0, 0.05) is 11.6 Å². The monoisotopic (exact) mass is 280 g/mol. The molecule has 0 radical (unpaired) electrons. The van der Waals surface area contributed by atoms with Gasteiger partial charge in [0.25, 0.3) is 0 Å². The lowest BCUT2D eigenvalue weighted by Gasteiger charge is -2.23. The van der Waals surface area contributed by atoms with Gasteiger partial charge < -0.3 is 10.6 Å². The molecule has 1 aromatic carbocycles. The molecule has 2 N–H and O–H groups in total. The van der Waals surface area contributed by atoms with Crippen molar-refractivity contribution in [2.75, 3.05) is 18.4 Å². The van der Waals surface area contributed by atoms with Crippen LogP contribution in [-0.2, 0) is 4.79 Å². The van der Waals surface area contributed by atoms with Gasteiger partial charge in [-0.1, -0.05) is 18.2 Å². The van der Waals surface area contributed by atoms with Gasteiger partial charge in [-0.2, -0.15) is 0 Å². The SMILES string of the molecule is Cc1ccccc1NC(=O)C1CC12CCNCC2.Cl. The molecule has 1 spiro atoms. The zero-order chi connectivity index (χ0) is 12.6. The van der Waals surface area contributed by atoms with E-state index in [0.717, 1.165) is 43.6 Å². The fraction of sp³-hybridized carbons (Fsp3) is 0.533. The summed E-state index contributed by atoms with van der Waals surface area (Å²) in [5.74, 6) is 0.449. The predicted octanol–water partition coefficient (Wildman–Crippen LogP) is 2.75. The molecule has 1 unspecified atom stereocenters. The number of para-hydroxylation sites is 1. The number of benzene rings is 1. The Kier molecular flexibility index (Phi) is 4.16. The Morgan fingerprint density at radius 2 is 2.00 bits per heavy atom. The first-order chi connectivity index (χ1) is 8.71. The van der Waals surface area contributed by atoms with Crippen molar-refractivity contribution in [2.24, 2.45) is 11.3 Å². The van der Waals surface area contributed by atoms with E-state index in [2.05, 4.69) is 10.6 Å². The molecule has 3 rings (SSSR count). The molecule has 104 valence electrons. The molecule has 1 saturated heterocycles. The third-order valence-electron chi connectivity index (χ3n) is 4.51. The number of amides is 1. The lowest BCUT2D eigenvalue weighted by Crippen LogP contribution is -2.31. The van der Waals surface area contributed by atoms with Crippen molar-refractivity contribution in [2.45, 2.75) is 26.2 Å². The maximum Gasteiger partial charge on any atom is 0.228 e. The van der Waals surface area contributed by atoms with Gasteiger partial charge in [0.2, 0.25) is 5.91 Å². The molecule has 1 aromatic rings. The number of anilines is 1. The summed E-state index contributed by atoms with van der Waals surface area (Å²) < 4.78 is 0. The van der Waals surface area contributed by atoms with Gasteiger partial charge in [-0.15, -0.1) is 12.4 Å². The quantitative estimate of drug-likeness (QED) is 0.875. The van der Waals surface area contributed by atoms with Crippen LogP contribution in [0, 0.1) is 18.3 Å². The normalized spacial score (nSPS) is 23.5. The van der Waals surface area contributed by atoms with E-state index >= 15 is 0 Å². The van der Waals surface area contributed by atoms with Gasteiger partial charge in [-0.25, -0.2) is 0 Å². The summed E-state index contributed by atoms with van der Waals surface area (Å²) in [6, 6.07) is 7.97. The highest BCUT2D eigenvalue weighted by Gasteiger charge is 2.57. The first kappa shape index (κ1) is 14.4. The Morgan fingerprint density at radius 3 is 2.68 bits per heavy atom. The molecular formula is C15H21ClN2O. The summed E-state index contributed by atoms with van der Waals surface area (Å²) in [4.78, 5) is 12.3. The molecule has 0 aromatic heterocycles. The molecule has 1 aliphatic heterocycles. The zero-order valence-electron chi connectivity index (χ0n) is 11.2. The Labute approximate surface area is 120 Å². The summed E-state index contributed by atoms with van der Waals surface area (Å²) in [6.45, 7) is 4.16. The predicted molar refractivity (Wildman–Crippen MR) is 79.7 cm³/mol. The van der Waals surface area contributed by atoms with Crippen molar-refractivity contribution in [1.29, 1.82) is 0 Å². The van der Waals surface area contributed by atoms with Gasteiger partial charge in [-0.3, -0.25) is 4.79 Å². The average molecular weight is 281 g/mol. The Balaban J connectivity index is 0.00000133. The number of halogens is 1. The van der Waals surface area contributed by atoms with Gasteiger partial charge in [0.15, 0.2) is 0 Å². The van der Waals surface area contributed by atoms with Crippen LogP contribution in [0.15, 0.2) is 24.3 Å². The van der Waals surface area contributed by atoms with E-state index in [1.807, 2.05) is 31.2 Å². The molecule has 3 nitrogen and oxygen atoms in total. The van der Waals surface area contributed by atoms with E-state index in [9.17, 15) is 4.79 Å². The van der Waals surface area contributed by atoms with Gasteiger partial charge >= 0.3 is 0 Å². The van der Waals surface area contributed by atoms with E-state index in [4.69, 9.17) is 0 Å². The van der Waals surface area contributed by atoms with Crippen LogP contribution in [0.4, 0.5) is 5.69 Å². The fourth-order valence-corrected chi connectivity index (χ4v) is 3.13. The molecule has 1 amide bonds. The van der Waals surface area contributed by atoms with Crippen molar-refractivity contribution in [3.63, 3.8) is 0 Å². The molecule has 1 atom stereocenters. The maximum absolute atomic E-state index is 12.3. The van der Waals surface area contributed by atoms with Crippen LogP contribution in [0.3, 0.4) is 0 Å². The second-order valence-electron chi connectivity index (χ2n) is 5.67. The number of piperidine rings is 1. The highest BCUT2D eigenvalue weighted by Crippen LogP contribution is 2.58. The first-order valence-corrected chi connectivity index (χ1v) is 6.78. The lowest BCUT2D eigenvalue weighted by molar-refractivity contribution is -0.118. The Bertz CT molecular complexity index is 469. The maximum atomic E-state index is 12.3. The number of hydrogen-bond donors (Lipinski definition) is 2. The summed E-state index contributed by atoms with van der Waals surface area (Å²) in [5, 5.41) is 6.45. The van der Waals surface area contributed by atoms with Crippen LogP contribution in [0.5, 0.6) is 0 Å². The van der Waals surface area contributed by atoms with Crippen molar-refractivity contribution in [3.05, 3.63) is 29.8 Å². The fourth-order valence-electron chi connectivity index (χ4n) is 3.13. The first-order valence-electron chi connectivity index (χ1n) is 6.78. The zero-order valence-corrected chi connectivity index (χ0v) is 12.1. The van der Waals surface area contributed by atoms with Crippen molar-refractivity contribution >= 4 is 24.0 Å². The van der Waals surface area contributed by atoms with E-state index < -0.39 is 0 Å². The van der Waals surface area contributed by atoms with Gasteiger partial charge in [0.05, 0.1) is 0 Å². The van der Waals surface area contributed by atoms with Crippen LogP contribution in [-0.4, -0.2) is 19.0 Å². The highest BCUT2D eigenvalue weighted by molar-refractivity contribution is 5.95. The molecule has 2 fully saturated rings. The standard InChI is InChI=1S/C15H20N2O.ClH/c1-11-4-2-3-5-13(11)17-14(18)12-10-15(12)6-8-16-9-7-15;/h2-5,12,16H,6-10H2,1H3,(H,17,18);1H. The summed E-state index contributed by atoms with van der Waals surface area (Å²) >= 11 is 0. The van der Waals surface area contributed by atoms with Crippen LogP contribution >= 0.6 is 12.4 Å². The van der Waals surface area contributed by atoms with Crippen LogP contribution in [0.2, 0.25) is 0 Å². The second kappa shape index (κ2) is 5.51. The van der Waals surface area contributed by atoms with E-state index in [1.165, 1.54) is 0 Å². The van der Waals surface area contributed by atoms with Crippen LogP contribution in [0.1, 0.15) is 24.8 Å². The minimum absolute atomic E-state index is 0. The Hall–Kier alpha value is -1.06. The average Bonchev–Trinajstić information content (AvgIpc) is 3.07. The van der Waals surface area contributed by atoms with Crippen molar-refractivity contribution in [1.82, 2.24) is 5.32 Å². The Morgan fingerprint density at radius 1 is 1.32 bits per heavy atom.